The van der Waals surface area contributed by atoms with Crippen molar-refractivity contribution in [2.24, 2.45) is 5.92 Å². The number of rotatable bonds is 7. The Balaban J connectivity index is 2.01. The van der Waals surface area contributed by atoms with Crippen molar-refractivity contribution in [3.05, 3.63) is 0 Å². The smallest absolute Gasteiger partial charge is 0.303 e. The maximum Gasteiger partial charge on any atom is 0.303 e. The van der Waals surface area contributed by atoms with Gasteiger partial charge in [-0.1, -0.05) is 19.8 Å². The highest BCUT2D eigenvalue weighted by molar-refractivity contribution is 5.66. The minimum atomic E-state index is -0.663. The molecule has 0 aromatic heterocycles. The van der Waals surface area contributed by atoms with Crippen LogP contribution < -0.4 is 0 Å². The predicted molar refractivity (Wildman–Crippen MR) is 65.6 cm³/mol. The third-order valence-electron chi connectivity index (χ3n) is 3.55. The van der Waals surface area contributed by atoms with E-state index in [0.717, 1.165) is 31.7 Å². The Morgan fingerprint density at radius 2 is 2.19 bits per heavy atom. The molecule has 0 saturated carbocycles. The van der Waals surface area contributed by atoms with E-state index in [1.165, 1.54) is 32.4 Å². The molecule has 1 aliphatic rings. The Morgan fingerprint density at radius 1 is 1.38 bits per heavy atom. The largest absolute Gasteiger partial charge is 0.481 e. The van der Waals surface area contributed by atoms with Crippen LogP contribution in [0.2, 0.25) is 0 Å². The van der Waals surface area contributed by atoms with Crippen molar-refractivity contribution in [3.63, 3.8) is 0 Å². The van der Waals surface area contributed by atoms with Gasteiger partial charge in [-0.3, -0.25) is 4.79 Å². The SMILES string of the molecule is CCC1CCCN(CCCCCC(=O)O)C1. The molecular weight excluding hydrogens is 202 g/mol. The van der Waals surface area contributed by atoms with Gasteiger partial charge in [0.05, 0.1) is 0 Å². The summed E-state index contributed by atoms with van der Waals surface area (Å²) in [5, 5.41) is 8.52. The maximum absolute atomic E-state index is 10.3. The molecular formula is C13H25NO2. The number of hydrogen-bond acceptors (Lipinski definition) is 2. The number of unbranched alkanes of at least 4 members (excludes halogenated alkanes) is 2. The van der Waals surface area contributed by atoms with Gasteiger partial charge in [-0.25, -0.2) is 0 Å². The Hall–Kier alpha value is -0.570. The Bertz CT molecular complexity index is 206. The third-order valence-corrected chi connectivity index (χ3v) is 3.55. The minimum absolute atomic E-state index is 0.331. The average molecular weight is 227 g/mol. The van der Waals surface area contributed by atoms with Crippen LogP contribution in [-0.2, 0) is 4.79 Å². The molecule has 1 heterocycles. The predicted octanol–water partition coefficient (Wildman–Crippen LogP) is 2.75. The number of aliphatic carboxylic acids is 1. The number of carboxylic acids is 1. The lowest BCUT2D eigenvalue weighted by atomic mass is 9.95. The summed E-state index contributed by atoms with van der Waals surface area (Å²) < 4.78 is 0. The van der Waals surface area contributed by atoms with Crippen LogP contribution >= 0.6 is 0 Å². The van der Waals surface area contributed by atoms with Crippen LogP contribution in [0.1, 0.15) is 51.9 Å². The van der Waals surface area contributed by atoms with Crippen molar-refractivity contribution >= 4 is 5.97 Å². The van der Waals surface area contributed by atoms with Gasteiger partial charge in [-0.05, 0) is 44.7 Å². The van der Waals surface area contributed by atoms with E-state index in [2.05, 4.69) is 11.8 Å². The van der Waals surface area contributed by atoms with E-state index in [1.807, 2.05) is 0 Å². The molecule has 0 aromatic carbocycles. The van der Waals surface area contributed by atoms with Gasteiger partial charge < -0.3 is 10.0 Å². The van der Waals surface area contributed by atoms with Gasteiger partial charge in [0.25, 0.3) is 0 Å². The highest BCUT2D eigenvalue weighted by Gasteiger charge is 2.17. The molecule has 0 amide bonds. The van der Waals surface area contributed by atoms with Crippen molar-refractivity contribution < 1.29 is 9.90 Å². The zero-order valence-corrected chi connectivity index (χ0v) is 10.5. The summed E-state index contributed by atoms with van der Waals surface area (Å²) in [6.45, 7) is 5.95. The van der Waals surface area contributed by atoms with Crippen LogP contribution in [-0.4, -0.2) is 35.6 Å². The summed E-state index contributed by atoms with van der Waals surface area (Å²) in [6.07, 6.45) is 7.41. The topological polar surface area (TPSA) is 40.5 Å². The number of nitrogens with zero attached hydrogens (tertiary/aromatic N) is 1. The Morgan fingerprint density at radius 3 is 2.88 bits per heavy atom. The van der Waals surface area contributed by atoms with E-state index >= 15 is 0 Å². The monoisotopic (exact) mass is 227 g/mol. The molecule has 1 atom stereocenters. The first-order chi connectivity index (χ1) is 7.72. The molecule has 0 aliphatic carbocycles. The highest BCUT2D eigenvalue weighted by atomic mass is 16.4. The molecule has 0 aromatic rings. The minimum Gasteiger partial charge on any atom is -0.481 e. The van der Waals surface area contributed by atoms with Gasteiger partial charge in [0, 0.05) is 13.0 Å². The fourth-order valence-corrected chi connectivity index (χ4v) is 2.48. The number of piperidine rings is 1. The van der Waals surface area contributed by atoms with Crippen LogP contribution in [0.3, 0.4) is 0 Å². The summed E-state index contributed by atoms with van der Waals surface area (Å²) in [5.41, 5.74) is 0. The molecule has 94 valence electrons. The van der Waals surface area contributed by atoms with Crippen LogP contribution in [0.15, 0.2) is 0 Å². The fraction of sp³-hybridized carbons (Fsp3) is 0.923. The Labute approximate surface area is 98.8 Å². The second-order valence-corrected chi connectivity index (χ2v) is 4.92. The molecule has 1 unspecified atom stereocenters. The molecule has 0 bridgehead atoms. The molecule has 1 fully saturated rings. The summed E-state index contributed by atoms with van der Waals surface area (Å²) in [5.74, 6) is 0.233. The molecule has 0 radical (unpaired) electrons. The number of carboxylic acid groups (broad SMARTS) is 1. The second-order valence-electron chi connectivity index (χ2n) is 4.92. The first-order valence-electron chi connectivity index (χ1n) is 6.66. The molecule has 3 heteroatoms. The lowest BCUT2D eigenvalue weighted by Gasteiger charge is -2.32. The van der Waals surface area contributed by atoms with Gasteiger partial charge in [0.1, 0.15) is 0 Å². The molecule has 1 saturated heterocycles. The van der Waals surface area contributed by atoms with Crippen molar-refractivity contribution in [2.75, 3.05) is 19.6 Å². The average Bonchev–Trinajstić information content (AvgIpc) is 2.28. The van der Waals surface area contributed by atoms with E-state index in [0.29, 0.717) is 6.42 Å². The summed E-state index contributed by atoms with van der Waals surface area (Å²) in [6, 6.07) is 0. The summed E-state index contributed by atoms with van der Waals surface area (Å²) in [4.78, 5) is 12.9. The lowest BCUT2D eigenvalue weighted by Crippen LogP contribution is -2.35. The first-order valence-corrected chi connectivity index (χ1v) is 6.66. The zero-order valence-electron chi connectivity index (χ0n) is 10.5. The number of hydrogen-bond donors (Lipinski definition) is 1. The fourth-order valence-electron chi connectivity index (χ4n) is 2.48. The van der Waals surface area contributed by atoms with E-state index in [1.54, 1.807) is 0 Å². The van der Waals surface area contributed by atoms with E-state index in [-0.39, 0.29) is 0 Å². The Kier molecular flexibility index (Phi) is 6.46. The van der Waals surface area contributed by atoms with Crippen LogP contribution in [0.4, 0.5) is 0 Å². The summed E-state index contributed by atoms with van der Waals surface area (Å²) in [7, 11) is 0. The number of carbonyl (C=O) groups is 1. The third kappa shape index (κ3) is 5.50. The van der Waals surface area contributed by atoms with Crippen molar-refractivity contribution in [3.8, 4) is 0 Å². The molecule has 1 N–H and O–H groups in total. The highest BCUT2D eigenvalue weighted by Crippen LogP contribution is 2.19. The first kappa shape index (κ1) is 13.5. The van der Waals surface area contributed by atoms with Crippen molar-refractivity contribution in [2.45, 2.75) is 51.9 Å². The summed E-state index contributed by atoms with van der Waals surface area (Å²) >= 11 is 0. The second kappa shape index (κ2) is 7.66. The van der Waals surface area contributed by atoms with Crippen molar-refractivity contribution in [1.29, 1.82) is 0 Å². The van der Waals surface area contributed by atoms with Gasteiger partial charge >= 0.3 is 5.97 Å². The van der Waals surface area contributed by atoms with Crippen LogP contribution in [0, 0.1) is 5.92 Å². The van der Waals surface area contributed by atoms with Crippen molar-refractivity contribution in [1.82, 2.24) is 4.90 Å². The van der Waals surface area contributed by atoms with Gasteiger partial charge in [-0.2, -0.15) is 0 Å². The van der Waals surface area contributed by atoms with Crippen LogP contribution in [0.5, 0.6) is 0 Å². The number of likely N-dealkylation sites (tertiary alicyclic amines) is 1. The zero-order chi connectivity index (χ0) is 11.8. The van der Waals surface area contributed by atoms with E-state index in [4.69, 9.17) is 5.11 Å². The van der Waals surface area contributed by atoms with Gasteiger partial charge in [-0.15, -0.1) is 0 Å². The van der Waals surface area contributed by atoms with Gasteiger partial charge in [0.15, 0.2) is 0 Å². The molecule has 3 nitrogen and oxygen atoms in total. The van der Waals surface area contributed by atoms with E-state index in [9.17, 15) is 4.79 Å². The molecule has 1 aliphatic heterocycles. The normalized spacial score (nSPS) is 22.2. The maximum atomic E-state index is 10.3. The lowest BCUT2D eigenvalue weighted by molar-refractivity contribution is -0.137. The van der Waals surface area contributed by atoms with Crippen LogP contribution in [0.25, 0.3) is 0 Å². The van der Waals surface area contributed by atoms with Gasteiger partial charge in [0.2, 0.25) is 0 Å². The standard InChI is InChI=1S/C13H25NO2/c1-2-12-7-6-10-14(11-12)9-5-3-4-8-13(15)16/h12H,2-11H2,1H3,(H,15,16). The quantitative estimate of drug-likeness (QED) is 0.680. The molecule has 0 spiro atoms. The van der Waals surface area contributed by atoms with E-state index < -0.39 is 5.97 Å². The molecule has 16 heavy (non-hydrogen) atoms. The molecule has 1 rings (SSSR count).